The first-order valence-corrected chi connectivity index (χ1v) is 6.88. The minimum atomic E-state index is -4.85. The van der Waals surface area contributed by atoms with Gasteiger partial charge in [0.1, 0.15) is 6.73 Å². The molecule has 0 unspecified atom stereocenters. The van der Waals surface area contributed by atoms with Gasteiger partial charge in [-0.3, -0.25) is 9.59 Å². The van der Waals surface area contributed by atoms with Gasteiger partial charge in [0.05, 0.1) is 12.1 Å². The third-order valence-electron chi connectivity index (χ3n) is 4.05. The molecule has 21 heavy (non-hydrogen) atoms. The number of hydrogen-bond acceptors (Lipinski definition) is 3. The van der Waals surface area contributed by atoms with Gasteiger partial charge in [-0.1, -0.05) is 0 Å². The van der Waals surface area contributed by atoms with Gasteiger partial charge in [0.2, 0.25) is 5.91 Å². The zero-order chi connectivity index (χ0) is 15.8. The van der Waals surface area contributed by atoms with Crippen LogP contribution in [-0.4, -0.2) is 59.8 Å². The van der Waals surface area contributed by atoms with Gasteiger partial charge in [-0.05, 0) is 26.7 Å². The first-order chi connectivity index (χ1) is 9.63. The highest BCUT2D eigenvalue weighted by molar-refractivity contribution is 5.83. The summed E-state index contributed by atoms with van der Waals surface area (Å²) in [5, 5.41) is 0. The molecular weight excluding hydrogens is 289 g/mol. The Morgan fingerprint density at radius 2 is 1.76 bits per heavy atom. The van der Waals surface area contributed by atoms with Crippen molar-refractivity contribution in [1.29, 1.82) is 0 Å². The van der Waals surface area contributed by atoms with Crippen molar-refractivity contribution >= 4 is 11.8 Å². The SMILES string of the molecule is CC1(C)COCN1C(=O)C1CCN(C(=O)C(F)(F)F)CC1. The number of carbonyl (C=O) groups excluding carboxylic acids is 2. The number of amides is 2. The average Bonchev–Trinajstić information content (AvgIpc) is 2.76. The molecule has 2 amide bonds. The number of rotatable bonds is 1. The largest absolute Gasteiger partial charge is 0.471 e. The van der Waals surface area contributed by atoms with Gasteiger partial charge >= 0.3 is 12.1 Å². The van der Waals surface area contributed by atoms with Crippen LogP contribution < -0.4 is 0 Å². The molecule has 0 spiro atoms. The van der Waals surface area contributed by atoms with Crippen LogP contribution in [0.5, 0.6) is 0 Å². The van der Waals surface area contributed by atoms with Crippen LogP contribution in [-0.2, 0) is 14.3 Å². The van der Waals surface area contributed by atoms with E-state index in [0.717, 1.165) is 4.90 Å². The molecule has 2 rings (SSSR count). The topological polar surface area (TPSA) is 49.9 Å². The maximum absolute atomic E-state index is 12.4. The lowest BCUT2D eigenvalue weighted by Crippen LogP contribution is -2.51. The zero-order valence-electron chi connectivity index (χ0n) is 12.1. The van der Waals surface area contributed by atoms with E-state index < -0.39 is 17.6 Å². The summed E-state index contributed by atoms with van der Waals surface area (Å²) < 4.78 is 42.3. The Labute approximate surface area is 121 Å². The van der Waals surface area contributed by atoms with Crippen LogP contribution in [0.15, 0.2) is 0 Å². The minimum absolute atomic E-state index is 0.0378. The van der Waals surface area contributed by atoms with Crippen molar-refractivity contribution in [2.45, 2.75) is 38.4 Å². The van der Waals surface area contributed by atoms with E-state index in [4.69, 9.17) is 4.74 Å². The Hall–Kier alpha value is -1.31. The molecule has 5 nitrogen and oxygen atoms in total. The normalized spacial score (nSPS) is 23.5. The third kappa shape index (κ3) is 3.30. The summed E-state index contributed by atoms with van der Waals surface area (Å²) in [6, 6.07) is 0. The van der Waals surface area contributed by atoms with Crippen LogP contribution in [0.3, 0.4) is 0 Å². The Morgan fingerprint density at radius 3 is 2.19 bits per heavy atom. The molecule has 0 atom stereocenters. The number of nitrogens with zero attached hydrogens (tertiary/aromatic N) is 2. The van der Waals surface area contributed by atoms with Crippen LogP contribution >= 0.6 is 0 Å². The quantitative estimate of drug-likeness (QED) is 0.735. The summed E-state index contributed by atoms with van der Waals surface area (Å²) in [5.74, 6) is -2.27. The van der Waals surface area contributed by atoms with Gasteiger partial charge in [-0.25, -0.2) is 0 Å². The highest BCUT2D eigenvalue weighted by Gasteiger charge is 2.45. The van der Waals surface area contributed by atoms with Crippen molar-refractivity contribution < 1.29 is 27.5 Å². The molecule has 0 aromatic heterocycles. The number of piperidine rings is 1. The highest BCUT2D eigenvalue weighted by Crippen LogP contribution is 2.29. The molecule has 2 heterocycles. The van der Waals surface area contributed by atoms with E-state index in [-0.39, 0.29) is 44.5 Å². The van der Waals surface area contributed by atoms with E-state index in [9.17, 15) is 22.8 Å². The molecule has 0 N–H and O–H groups in total. The van der Waals surface area contributed by atoms with Crippen LogP contribution in [0, 0.1) is 5.92 Å². The molecular formula is C13H19F3N2O3. The van der Waals surface area contributed by atoms with E-state index in [0.29, 0.717) is 6.61 Å². The van der Waals surface area contributed by atoms with Crippen LogP contribution in [0.25, 0.3) is 0 Å². The van der Waals surface area contributed by atoms with Crippen molar-refractivity contribution in [3.63, 3.8) is 0 Å². The summed E-state index contributed by atoms with van der Waals surface area (Å²) >= 11 is 0. The van der Waals surface area contributed by atoms with E-state index in [1.165, 1.54) is 0 Å². The Kier molecular flexibility index (Phi) is 4.19. The molecule has 0 saturated carbocycles. The smallest absolute Gasteiger partial charge is 0.359 e. The molecule has 120 valence electrons. The summed E-state index contributed by atoms with van der Waals surface area (Å²) in [7, 11) is 0. The van der Waals surface area contributed by atoms with E-state index in [1.54, 1.807) is 4.90 Å². The Bertz CT molecular complexity index is 429. The molecule has 2 fully saturated rings. The summed E-state index contributed by atoms with van der Waals surface area (Å²) in [4.78, 5) is 25.9. The van der Waals surface area contributed by atoms with Crippen molar-refractivity contribution in [3.05, 3.63) is 0 Å². The monoisotopic (exact) mass is 308 g/mol. The number of hydrogen-bond donors (Lipinski definition) is 0. The summed E-state index contributed by atoms with van der Waals surface area (Å²) in [6.45, 7) is 4.37. The van der Waals surface area contributed by atoms with Gasteiger partial charge in [-0.15, -0.1) is 0 Å². The number of ether oxygens (including phenoxy) is 1. The van der Waals surface area contributed by atoms with Gasteiger partial charge in [-0.2, -0.15) is 13.2 Å². The number of carbonyl (C=O) groups is 2. The van der Waals surface area contributed by atoms with Gasteiger partial charge < -0.3 is 14.5 Å². The third-order valence-corrected chi connectivity index (χ3v) is 4.05. The lowest BCUT2D eigenvalue weighted by atomic mass is 9.93. The fourth-order valence-electron chi connectivity index (χ4n) is 2.73. The van der Waals surface area contributed by atoms with Gasteiger partial charge in [0.15, 0.2) is 0 Å². The maximum atomic E-state index is 12.4. The molecule has 0 radical (unpaired) electrons. The summed E-state index contributed by atoms with van der Waals surface area (Å²) in [5.41, 5.74) is -0.393. The molecule has 0 bridgehead atoms. The number of likely N-dealkylation sites (tertiary alicyclic amines) is 1. The van der Waals surface area contributed by atoms with Crippen LogP contribution in [0.1, 0.15) is 26.7 Å². The van der Waals surface area contributed by atoms with Crippen molar-refractivity contribution in [1.82, 2.24) is 9.80 Å². The molecule has 2 aliphatic heterocycles. The Morgan fingerprint density at radius 1 is 1.19 bits per heavy atom. The molecule has 0 aromatic carbocycles. The minimum Gasteiger partial charge on any atom is -0.359 e. The zero-order valence-corrected chi connectivity index (χ0v) is 12.1. The Balaban J connectivity index is 1.92. The number of alkyl halides is 3. The molecule has 8 heteroatoms. The van der Waals surface area contributed by atoms with Crippen molar-refractivity contribution in [2.24, 2.45) is 5.92 Å². The number of halogens is 3. The second-order valence-electron chi connectivity index (χ2n) is 6.12. The van der Waals surface area contributed by atoms with Crippen molar-refractivity contribution in [2.75, 3.05) is 26.4 Å². The van der Waals surface area contributed by atoms with Crippen LogP contribution in [0.2, 0.25) is 0 Å². The van der Waals surface area contributed by atoms with E-state index in [1.807, 2.05) is 13.8 Å². The lowest BCUT2D eigenvalue weighted by molar-refractivity contribution is -0.187. The fourth-order valence-corrected chi connectivity index (χ4v) is 2.73. The lowest BCUT2D eigenvalue weighted by Gasteiger charge is -2.36. The maximum Gasteiger partial charge on any atom is 0.471 e. The molecule has 0 aromatic rings. The first kappa shape index (κ1) is 16.1. The predicted octanol–water partition coefficient (Wildman–Crippen LogP) is 1.38. The van der Waals surface area contributed by atoms with E-state index in [2.05, 4.69) is 0 Å². The van der Waals surface area contributed by atoms with Crippen molar-refractivity contribution in [3.8, 4) is 0 Å². The second kappa shape index (κ2) is 5.47. The summed E-state index contributed by atoms with van der Waals surface area (Å²) in [6.07, 6.45) is -4.33. The van der Waals surface area contributed by atoms with Gasteiger partial charge in [0, 0.05) is 19.0 Å². The molecule has 2 aliphatic rings. The standard InChI is InChI=1S/C13H19F3N2O3/c1-12(2)7-21-8-18(12)10(19)9-3-5-17(6-4-9)11(20)13(14,15)16/h9H,3-8H2,1-2H3. The molecule has 0 aliphatic carbocycles. The predicted molar refractivity (Wildman–Crippen MR) is 67.1 cm³/mol. The van der Waals surface area contributed by atoms with Gasteiger partial charge in [0.25, 0.3) is 0 Å². The van der Waals surface area contributed by atoms with E-state index >= 15 is 0 Å². The molecule has 2 saturated heterocycles. The fraction of sp³-hybridized carbons (Fsp3) is 0.846. The van der Waals surface area contributed by atoms with Crippen LogP contribution in [0.4, 0.5) is 13.2 Å². The highest BCUT2D eigenvalue weighted by atomic mass is 19.4. The second-order valence-corrected chi connectivity index (χ2v) is 6.12. The first-order valence-electron chi connectivity index (χ1n) is 6.88. The average molecular weight is 308 g/mol.